The minimum Gasteiger partial charge on any atom is -0.371 e. The molecule has 0 saturated carbocycles. The molecule has 4 aliphatic rings. The molecule has 0 unspecified atom stereocenters. The number of imide groups is 2. The van der Waals surface area contributed by atoms with Crippen LogP contribution in [0, 0.1) is 0 Å². The third-order valence-electron chi connectivity index (χ3n) is 13.0. The van der Waals surface area contributed by atoms with Gasteiger partial charge in [-0.25, -0.2) is 0 Å². The summed E-state index contributed by atoms with van der Waals surface area (Å²) in [5.74, 6) is -1.17. The maximum Gasteiger partial charge on any atom is 0.261 e. The molecule has 286 valence electrons. The number of hydrogen-bond donors (Lipinski definition) is 0. The molecule has 0 spiro atoms. The summed E-state index contributed by atoms with van der Waals surface area (Å²) in [4.78, 5) is 64.6. The number of rotatable bonds is 6. The number of benzene rings is 7. The Morgan fingerprint density at radius 2 is 0.776 bits per heavy atom. The number of hydrogen-bond acceptors (Lipinski definition) is 6. The van der Waals surface area contributed by atoms with Crippen LogP contribution in [-0.2, 0) is 13.1 Å². The van der Waals surface area contributed by atoms with Crippen molar-refractivity contribution in [3.05, 3.63) is 143 Å². The van der Waals surface area contributed by atoms with Crippen LogP contribution in [0.5, 0.6) is 0 Å². The molecule has 58 heavy (non-hydrogen) atoms. The number of carbonyl (C=O) groups excluding carboxylic acids is 4. The molecule has 8 nitrogen and oxygen atoms in total. The van der Waals surface area contributed by atoms with Crippen molar-refractivity contribution in [1.82, 2.24) is 9.80 Å². The van der Waals surface area contributed by atoms with Crippen LogP contribution in [0.2, 0.25) is 0 Å². The summed E-state index contributed by atoms with van der Waals surface area (Å²) in [7, 11) is 0. The molecule has 0 bridgehead atoms. The molecule has 0 N–H and O–H groups in total. The normalized spacial score (nSPS) is 17.1. The first-order chi connectivity index (χ1) is 28.4. The van der Waals surface area contributed by atoms with Crippen LogP contribution >= 0.6 is 0 Å². The van der Waals surface area contributed by atoms with Gasteiger partial charge in [0.25, 0.3) is 23.6 Å². The van der Waals surface area contributed by atoms with Gasteiger partial charge in [0.1, 0.15) is 0 Å². The second kappa shape index (κ2) is 13.5. The molecule has 0 atom stereocenters. The van der Waals surface area contributed by atoms with Gasteiger partial charge >= 0.3 is 0 Å². The molecule has 11 rings (SSSR count). The summed E-state index contributed by atoms with van der Waals surface area (Å²) < 4.78 is 0. The van der Waals surface area contributed by atoms with Crippen molar-refractivity contribution in [1.29, 1.82) is 0 Å². The third kappa shape index (κ3) is 5.34. The second-order valence-electron chi connectivity index (χ2n) is 16.3. The van der Waals surface area contributed by atoms with Gasteiger partial charge in [-0.2, -0.15) is 0 Å². The predicted molar refractivity (Wildman–Crippen MR) is 230 cm³/mol. The number of amides is 4. The Kier molecular flexibility index (Phi) is 8.10. The highest BCUT2D eigenvalue weighted by Crippen LogP contribution is 2.40. The summed E-state index contributed by atoms with van der Waals surface area (Å²) in [5.41, 5.74) is 6.05. The molecule has 7 aromatic rings. The lowest BCUT2D eigenvalue weighted by Crippen LogP contribution is -2.40. The van der Waals surface area contributed by atoms with E-state index < -0.39 is 0 Å². The lowest BCUT2D eigenvalue weighted by atomic mass is 9.91. The van der Waals surface area contributed by atoms with E-state index in [0.29, 0.717) is 22.3 Å². The molecular weight excluding hydrogens is 721 g/mol. The first-order valence-electron chi connectivity index (χ1n) is 20.7. The minimum absolute atomic E-state index is 0.107. The van der Waals surface area contributed by atoms with Gasteiger partial charge in [0.15, 0.2) is 0 Å². The van der Waals surface area contributed by atoms with Crippen LogP contribution in [-0.4, -0.2) is 59.6 Å². The molecule has 8 heteroatoms. The van der Waals surface area contributed by atoms with Crippen LogP contribution in [0.15, 0.2) is 109 Å². The predicted octanol–water partition coefficient (Wildman–Crippen LogP) is 9.87. The van der Waals surface area contributed by atoms with E-state index in [1.165, 1.54) is 22.6 Å². The molecule has 0 aliphatic carbocycles. The van der Waals surface area contributed by atoms with Gasteiger partial charge in [-0.15, -0.1) is 0 Å². The monoisotopic (exact) mass is 762 g/mol. The summed E-state index contributed by atoms with van der Waals surface area (Å²) in [6.45, 7) is 4.10. The fourth-order valence-corrected chi connectivity index (χ4v) is 10.2. The smallest absolute Gasteiger partial charge is 0.261 e. The van der Waals surface area contributed by atoms with Crippen LogP contribution < -0.4 is 9.80 Å². The SMILES string of the molecule is O=C1c2cccc3c(N4CCCCC4)ccc(c23)C(=O)N1Cc1cccc2cc3cccc(CN4C(=O)c5cccc6c(N7CCCCC7)ccc(c56)C4=O)c3cc12. The van der Waals surface area contributed by atoms with E-state index in [4.69, 9.17) is 0 Å². The van der Waals surface area contributed by atoms with E-state index >= 15 is 0 Å². The highest BCUT2D eigenvalue weighted by molar-refractivity contribution is 6.28. The van der Waals surface area contributed by atoms with Crippen molar-refractivity contribution in [2.24, 2.45) is 0 Å². The Balaban J connectivity index is 0.935. The van der Waals surface area contributed by atoms with Crippen molar-refractivity contribution in [2.75, 3.05) is 36.0 Å². The van der Waals surface area contributed by atoms with Crippen molar-refractivity contribution >= 4 is 78.1 Å². The highest BCUT2D eigenvalue weighted by Gasteiger charge is 2.36. The van der Waals surface area contributed by atoms with Crippen molar-refractivity contribution in [3.63, 3.8) is 0 Å². The molecule has 2 fully saturated rings. The third-order valence-corrected chi connectivity index (χ3v) is 13.0. The standard InChI is InChI=1S/C50H42N4O4/c55-47-37-17-9-15-35-43(51-23-3-1-4-24-51)21-19-39(45(35)37)49(57)53(47)29-33-13-7-11-31-27-32-12-8-14-34(42(32)28-41(31)33)30-54-48(56)38-18-10-16-36-44(52-25-5-2-6-26-52)22-20-40(46(36)38)50(54)58/h7-22,27-28H,1-6,23-26,29-30H2. The van der Waals surface area contributed by atoms with Gasteiger partial charge in [0, 0.05) is 81.4 Å². The Morgan fingerprint density at radius 3 is 1.21 bits per heavy atom. The molecule has 4 heterocycles. The Bertz CT molecular complexity index is 2680. The first-order valence-corrected chi connectivity index (χ1v) is 20.7. The average Bonchev–Trinajstić information content (AvgIpc) is 3.27. The van der Waals surface area contributed by atoms with Gasteiger partial charge in [0.05, 0.1) is 13.1 Å². The van der Waals surface area contributed by atoms with Crippen LogP contribution in [0.3, 0.4) is 0 Å². The summed E-state index contributed by atoms with van der Waals surface area (Å²) >= 11 is 0. The van der Waals surface area contributed by atoms with Crippen LogP contribution in [0.4, 0.5) is 11.4 Å². The Labute approximate surface area is 336 Å². The van der Waals surface area contributed by atoms with E-state index in [9.17, 15) is 19.2 Å². The maximum absolute atomic E-state index is 14.3. The highest BCUT2D eigenvalue weighted by atomic mass is 16.2. The number of nitrogens with zero attached hydrogens (tertiary/aromatic N) is 4. The summed E-state index contributed by atoms with van der Waals surface area (Å²) in [5, 5.41) is 7.16. The molecule has 4 amide bonds. The van der Waals surface area contributed by atoms with E-state index in [1.807, 2.05) is 97.1 Å². The summed E-state index contributed by atoms with van der Waals surface area (Å²) in [6, 6.07) is 35.6. The number of anilines is 2. The molecular formula is C50H42N4O4. The second-order valence-corrected chi connectivity index (χ2v) is 16.3. The van der Waals surface area contributed by atoms with Gasteiger partial charge in [-0.3, -0.25) is 29.0 Å². The van der Waals surface area contributed by atoms with Gasteiger partial charge in [-0.05, 0) is 120 Å². The average molecular weight is 763 g/mol. The number of piperidine rings is 2. The lowest BCUT2D eigenvalue weighted by Gasteiger charge is -2.32. The summed E-state index contributed by atoms with van der Waals surface area (Å²) in [6.07, 6.45) is 6.98. The van der Waals surface area contributed by atoms with Crippen molar-refractivity contribution in [3.8, 4) is 0 Å². The number of fused-ring (bicyclic) bond motifs is 2. The van der Waals surface area contributed by atoms with Gasteiger partial charge < -0.3 is 9.80 Å². The van der Waals surface area contributed by atoms with E-state index in [0.717, 1.165) is 117 Å². The van der Waals surface area contributed by atoms with Crippen LogP contribution in [0.1, 0.15) is 91.1 Å². The Morgan fingerprint density at radius 1 is 0.379 bits per heavy atom. The fourth-order valence-electron chi connectivity index (χ4n) is 10.2. The largest absolute Gasteiger partial charge is 0.371 e. The van der Waals surface area contributed by atoms with Crippen molar-refractivity contribution in [2.45, 2.75) is 51.6 Å². The van der Waals surface area contributed by atoms with Gasteiger partial charge in [-0.1, -0.05) is 60.7 Å². The van der Waals surface area contributed by atoms with Crippen LogP contribution in [0.25, 0.3) is 43.1 Å². The zero-order chi connectivity index (χ0) is 39.1. The quantitative estimate of drug-likeness (QED) is 0.124. The van der Waals surface area contributed by atoms with E-state index in [-0.39, 0.29) is 36.7 Å². The fraction of sp³-hybridized carbons (Fsp3) is 0.240. The van der Waals surface area contributed by atoms with E-state index in [1.54, 1.807) is 0 Å². The maximum atomic E-state index is 14.3. The van der Waals surface area contributed by atoms with E-state index in [2.05, 4.69) is 21.9 Å². The minimum atomic E-state index is -0.294. The first kappa shape index (κ1) is 34.7. The number of carbonyl (C=O) groups is 4. The molecule has 4 aliphatic heterocycles. The molecule has 7 aromatic carbocycles. The molecule has 0 radical (unpaired) electrons. The van der Waals surface area contributed by atoms with Crippen molar-refractivity contribution < 1.29 is 19.2 Å². The zero-order valence-electron chi connectivity index (χ0n) is 32.3. The van der Waals surface area contributed by atoms with Gasteiger partial charge in [0.2, 0.25) is 0 Å². The molecule has 0 aromatic heterocycles. The molecule has 2 saturated heterocycles. The zero-order valence-corrected chi connectivity index (χ0v) is 32.3. The lowest BCUT2D eigenvalue weighted by molar-refractivity contribution is 0.0584. The Hall–Kier alpha value is -6.54. The topological polar surface area (TPSA) is 81.2 Å².